The molecule has 0 amide bonds. The van der Waals surface area contributed by atoms with Gasteiger partial charge in [-0.2, -0.15) is 0 Å². The van der Waals surface area contributed by atoms with Gasteiger partial charge in [0.25, 0.3) is 0 Å². The van der Waals surface area contributed by atoms with Crippen molar-refractivity contribution in [3.05, 3.63) is 60.0 Å². The van der Waals surface area contributed by atoms with Crippen LogP contribution < -0.4 is 0 Å². The summed E-state index contributed by atoms with van der Waals surface area (Å²) in [5, 5.41) is 4.13. The minimum absolute atomic E-state index is 0.110. The number of rotatable bonds is 6. The van der Waals surface area contributed by atoms with Crippen LogP contribution in [0.4, 0.5) is 0 Å². The Morgan fingerprint density at radius 1 is 1.15 bits per heavy atom. The first kappa shape index (κ1) is 17.0. The van der Waals surface area contributed by atoms with Gasteiger partial charge in [0.05, 0.1) is 13.1 Å². The van der Waals surface area contributed by atoms with E-state index in [-0.39, 0.29) is 6.10 Å². The number of nitrogens with zero attached hydrogens (tertiary/aromatic N) is 3. The Hall–Kier alpha value is -2.44. The molecule has 26 heavy (non-hydrogen) atoms. The summed E-state index contributed by atoms with van der Waals surface area (Å²) in [4.78, 5) is 6.25. The quantitative estimate of drug-likeness (QED) is 0.662. The normalized spacial score (nSPS) is 17.7. The predicted octanol–water partition coefficient (Wildman–Crippen LogP) is 4.20. The van der Waals surface area contributed by atoms with Gasteiger partial charge >= 0.3 is 0 Å². The van der Waals surface area contributed by atoms with Gasteiger partial charge in [0.1, 0.15) is 23.3 Å². The maximum Gasteiger partial charge on any atom is 0.151 e. The second-order valence-corrected chi connectivity index (χ2v) is 6.75. The van der Waals surface area contributed by atoms with Crippen LogP contribution in [-0.4, -0.2) is 28.7 Å². The highest BCUT2D eigenvalue weighted by Gasteiger charge is 2.20. The summed E-state index contributed by atoms with van der Waals surface area (Å²) in [6.45, 7) is 2.18. The van der Waals surface area contributed by atoms with Gasteiger partial charge < -0.3 is 13.7 Å². The van der Waals surface area contributed by atoms with Crippen LogP contribution in [-0.2, 0) is 17.8 Å². The Kier molecular flexibility index (Phi) is 5.13. The lowest BCUT2D eigenvalue weighted by Crippen LogP contribution is -2.16. The van der Waals surface area contributed by atoms with Crippen molar-refractivity contribution in [2.45, 2.75) is 38.5 Å². The molecule has 1 saturated heterocycles. The molecular formula is C20H23N3O3. The standard InChI is InChI=1S/C20H23N3O3/c1-23(13-16-7-8-20(25-16)19-6-2-3-10-24-19)14-17-11-18(22-26-17)15-5-4-9-21-12-15/h4-5,7-9,11-12,19H,2-3,6,10,13-14H2,1H3. The van der Waals surface area contributed by atoms with Crippen molar-refractivity contribution < 1.29 is 13.7 Å². The van der Waals surface area contributed by atoms with Crippen molar-refractivity contribution in [1.82, 2.24) is 15.0 Å². The molecule has 0 N–H and O–H groups in total. The average Bonchev–Trinajstić information content (AvgIpc) is 3.33. The molecule has 3 aromatic heterocycles. The highest BCUT2D eigenvalue weighted by molar-refractivity contribution is 5.57. The molecule has 0 saturated carbocycles. The Morgan fingerprint density at radius 2 is 2.08 bits per heavy atom. The molecule has 4 heterocycles. The van der Waals surface area contributed by atoms with Gasteiger partial charge in [-0.1, -0.05) is 5.16 Å². The zero-order valence-electron chi connectivity index (χ0n) is 14.9. The van der Waals surface area contributed by atoms with Gasteiger partial charge in [0.2, 0.25) is 0 Å². The molecular weight excluding hydrogens is 330 g/mol. The summed E-state index contributed by atoms with van der Waals surface area (Å²) in [6, 6.07) is 9.88. The number of hydrogen-bond donors (Lipinski definition) is 0. The molecule has 0 spiro atoms. The Labute approximate surface area is 152 Å². The van der Waals surface area contributed by atoms with Crippen molar-refractivity contribution in [1.29, 1.82) is 0 Å². The molecule has 4 rings (SSSR count). The number of furan rings is 1. The molecule has 0 aromatic carbocycles. The Morgan fingerprint density at radius 3 is 2.88 bits per heavy atom. The SMILES string of the molecule is CN(Cc1cc(-c2cccnc2)no1)Cc1ccc(C2CCCCO2)o1. The van der Waals surface area contributed by atoms with Crippen LogP contribution in [0.3, 0.4) is 0 Å². The molecule has 6 nitrogen and oxygen atoms in total. The lowest BCUT2D eigenvalue weighted by molar-refractivity contribution is 0.000886. The first-order valence-corrected chi connectivity index (χ1v) is 9.03. The summed E-state index contributed by atoms with van der Waals surface area (Å²) >= 11 is 0. The number of ether oxygens (including phenoxy) is 1. The van der Waals surface area contributed by atoms with Crippen LogP contribution in [0.5, 0.6) is 0 Å². The van der Waals surface area contributed by atoms with E-state index in [9.17, 15) is 0 Å². The summed E-state index contributed by atoms with van der Waals surface area (Å²) in [5.74, 6) is 2.68. The zero-order chi connectivity index (χ0) is 17.8. The van der Waals surface area contributed by atoms with Gasteiger partial charge in [-0.05, 0) is 50.6 Å². The van der Waals surface area contributed by atoms with Gasteiger partial charge in [-0.15, -0.1) is 0 Å². The van der Waals surface area contributed by atoms with E-state index in [0.29, 0.717) is 13.1 Å². The van der Waals surface area contributed by atoms with E-state index in [4.69, 9.17) is 13.7 Å². The fraction of sp³-hybridized carbons (Fsp3) is 0.400. The van der Waals surface area contributed by atoms with Crippen molar-refractivity contribution in [3.63, 3.8) is 0 Å². The molecule has 3 aromatic rings. The van der Waals surface area contributed by atoms with E-state index in [1.165, 1.54) is 6.42 Å². The fourth-order valence-electron chi connectivity index (χ4n) is 3.24. The van der Waals surface area contributed by atoms with Crippen LogP contribution in [0.25, 0.3) is 11.3 Å². The highest BCUT2D eigenvalue weighted by atomic mass is 16.5. The van der Waals surface area contributed by atoms with Crippen LogP contribution >= 0.6 is 0 Å². The minimum atomic E-state index is 0.110. The molecule has 1 aliphatic heterocycles. The summed E-state index contributed by atoms with van der Waals surface area (Å²) < 4.78 is 17.2. The smallest absolute Gasteiger partial charge is 0.151 e. The number of aromatic nitrogens is 2. The highest BCUT2D eigenvalue weighted by Crippen LogP contribution is 2.29. The molecule has 136 valence electrons. The van der Waals surface area contributed by atoms with Gasteiger partial charge in [-0.25, -0.2) is 0 Å². The van der Waals surface area contributed by atoms with Crippen molar-refractivity contribution >= 4 is 0 Å². The second kappa shape index (κ2) is 7.85. The molecule has 0 aliphatic carbocycles. The largest absolute Gasteiger partial charge is 0.462 e. The minimum Gasteiger partial charge on any atom is -0.462 e. The van der Waals surface area contributed by atoms with Crippen molar-refractivity contribution in [3.8, 4) is 11.3 Å². The van der Waals surface area contributed by atoms with Crippen molar-refractivity contribution in [2.75, 3.05) is 13.7 Å². The monoisotopic (exact) mass is 353 g/mol. The third-order valence-electron chi connectivity index (χ3n) is 4.55. The zero-order valence-corrected chi connectivity index (χ0v) is 14.9. The summed E-state index contributed by atoms with van der Waals surface area (Å²) in [6.07, 6.45) is 7.02. The number of hydrogen-bond acceptors (Lipinski definition) is 6. The van der Waals surface area contributed by atoms with E-state index < -0.39 is 0 Å². The predicted molar refractivity (Wildman–Crippen MR) is 96.2 cm³/mol. The number of pyridine rings is 1. The van der Waals surface area contributed by atoms with Gasteiger partial charge in [0, 0.05) is 30.6 Å². The molecule has 1 atom stereocenters. The van der Waals surface area contributed by atoms with E-state index in [1.54, 1.807) is 12.4 Å². The summed E-state index contributed by atoms with van der Waals surface area (Å²) in [5.41, 5.74) is 1.75. The van der Waals surface area contributed by atoms with Crippen LogP contribution in [0.1, 0.15) is 42.6 Å². The summed E-state index contributed by atoms with van der Waals surface area (Å²) in [7, 11) is 2.03. The Balaban J connectivity index is 1.35. The molecule has 6 heteroatoms. The van der Waals surface area contributed by atoms with E-state index >= 15 is 0 Å². The molecule has 1 aliphatic rings. The third-order valence-corrected chi connectivity index (χ3v) is 4.55. The Bertz CT molecular complexity index is 822. The van der Waals surface area contributed by atoms with Crippen molar-refractivity contribution in [2.24, 2.45) is 0 Å². The molecule has 0 radical (unpaired) electrons. The van der Waals surface area contributed by atoms with E-state index in [1.807, 2.05) is 37.4 Å². The molecule has 1 unspecified atom stereocenters. The lowest BCUT2D eigenvalue weighted by Gasteiger charge is -2.20. The van der Waals surface area contributed by atoms with Crippen LogP contribution in [0, 0.1) is 0 Å². The van der Waals surface area contributed by atoms with E-state index in [0.717, 1.165) is 48.0 Å². The van der Waals surface area contributed by atoms with Crippen LogP contribution in [0.2, 0.25) is 0 Å². The second-order valence-electron chi connectivity index (χ2n) is 6.75. The topological polar surface area (TPSA) is 64.5 Å². The van der Waals surface area contributed by atoms with Gasteiger partial charge in [0.15, 0.2) is 5.76 Å². The van der Waals surface area contributed by atoms with Crippen LogP contribution in [0.15, 0.2) is 51.7 Å². The first-order valence-electron chi connectivity index (χ1n) is 9.03. The molecule has 1 fully saturated rings. The maximum absolute atomic E-state index is 5.98. The van der Waals surface area contributed by atoms with Gasteiger partial charge in [-0.3, -0.25) is 9.88 Å². The molecule has 0 bridgehead atoms. The maximum atomic E-state index is 5.98. The average molecular weight is 353 g/mol. The van der Waals surface area contributed by atoms with E-state index in [2.05, 4.69) is 15.0 Å². The third kappa shape index (κ3) is 4.03. The fourth-order valence-corrected chi connectivity index (χ4v) is 3.24. The first-order chi connectivity index (χ1) is 12.8. The lowest BCUT2D eigenvalue weighted by atomic mass is 10.1.